The third-order valence-electron chi connectivity index (χ3n) is 7.71. The molecule has 0 amide bonds. The number of benzene rings is 2. The van der Waals surface area contributed by atoms with E-state index in [1.54, 1.807) is 74.4 Å². The van der Waals surface area contributed by atoms with Crippen molar-refractivity contribution in [2.75, 3.05) is 26.4 Å². The first-order valence-electron chi connectivity index (χ1n) is 15.8. The molecule has 0 aliphatic carbocycles. The monoisotopic (exact) mass is 734 g/mol. The van der Waals surface area contributed by atoms with Gasteiger partial charge in [-0.1, -0.05) is 12.1 Å². The number of carbonyl (C=O) groups excluding carboxylic acids is 3. The van der Waals surface area contributed by atoms with Crippen molar-refractivity contribution in [1.29, 1.82) is 0 Å². The molecule has 0 atom stereocenters. The minimum Gasteiger partial charge on any atom is -0.511 e. The zero-order chi connectivity index (χ0) is 39.1. The Morgan fingerprint density at radius 1 is 0.882 bits per heavy atom. The fraction of sp³-hybridized carbons (Fsp3) is 0.528. The molecule has 1 N–H and O–H groups in total. The van der Waals surface area contributed by atoms with E-state index in [1.165, 1.54) is 12.1 Å². The number of halogens is 6. The lowest BCUT2D eigenvalue weighted by Crippen LogP contribution is -2.33. The molecule has 1 heterocycles. The van der Waals surface area contributed by atoms with Gasteiger partial charge in [0.25, 0.3) is 0 Å². The average Bonchev–Trinajstić information content (AvgIpc) is 2.99. The van der Waals surface area contributed by atoms with Gasteiger partial charge in [-0.25, -0.2) is 4.79 Å². The first-order chi connectivity index (χ1) is 23.3. The number of aryl methyl sites for hydroxylation is 4. The summed E-state index contributed by atoms with van der Waals surface area (Å²) in [5.74, 6) is -1.68. The number of alkyl halides is 6. The van der Waals surface area contributed by atoms with Crippen molar-refractivity contribution in [1.82, 2.24) is 0 Å². The number of cyclic esters (lactones) is 1. The summed E-state index contributed by atoms with van der Waals surface area (Å²) in [6.45, 7) is 13.3. The first-order valence-corrected chi connectivity index (χ1v) is 15.8. The highest BCUT2D eigenvalue weighted by Gasteiger charge is 2.38. The molecule has 0 radical (unpaired) electrons. The second-order valence-electron chi connectivity index (χ2n) is 13.4. The molecule has 0 spiro atoms. The number of esters is 3. The van der Waals surface area contributed by atoms with Crippen molar-refractivity contribution in [3.63, 3.8) is 0 Å². The van der Waals surface area contributed by atoms with Gasteiger partial charge in [-0.05, 0) is 113 Å². The predicted molar refractivity (Wildman–Crippen MR) is 174 cm³/mol. The van der Waals surface area contributed by atoms with Crippen LogP contribution in [-0.4, -0.2) is 62.0 Å². The Morgan fingerprint density at radius 3 is 1.92 bits per heavy atom. The van der Waals surface area contributed by atoms with E-state index in [2.05, 4.69) is 4.74 Å². The summed E-state index contributed by atoms with van der Waals surface area (Å²) < 4.78 is 97.1. The molecular formula is C36H44F6O9. The van der Waals surface area contributed by atoms with Crippen LogP contribution in [0.15, 0.2) is 30.0 Å². The molecular weight excluding hydrogens is 690 g/mol. The van der Waals surface area contributed by atoms with Crippen LogP contribution in [0.3, 0.4) is 0 Å². The van der Waals surface area contributed by atoms with Crippen molar-refractivity contribution in [3.8, 4) is 5.75 Å². The smallest absolute Gasteiger partial charge is 0.511 e. The molecule has 0 unspecified atom stereocenters. The SMILES string of the molecule is CCOC(=O)C(C)(C)COC(=O)Cc1c(C)cc(COC(F)(F)F)cc1C.Cc1cc(OCC(F)(F)F)cc(C)c1C1=C(O)C(C)(C)COC1=O. The maximum Gasteiger partial charge on any atom is 0.522 e. The number of rotatable bonds is 11. The van der Waals surface area contributed by atoms with Crippen LogP contribution in [0.5, 0.6) is 5.75 Å². The molecule has 0 aromatic heterocycles. The number of carbonyl (C=O) groups is 3. The zero-order valence-electron chi connectivity index (χ0n) is 30.0. The fourth-order valence-electron chi connectivity index (χ4n) is 5.06. The fourth-order valence-corrected chi connectivity index (χ4v) is 5.06. The Labute approximate surface area is 292 Å². The van der Waals surface area contributed by atoms with Crippen molar-refractivity contribution in [2.24, 2.45) is 10.8 Å². The molecule has 2 aromatic rings. The lowest BCUT2D eigenvalue weighted by Gasteiger charge is -2.31. The Morgan fingerprint density at radius 2 is 1.43 bits per heavy atom. The van der Waals surface area contributed by atoms with Crippen LogP contribution in [0.1, 0.15) is 73.6 Å². The van der Waals surface area contributed by atoms with Crippen molar-refractivity contribution in [3.05, 3.63) is 69.0 Å². The Kier molecular flexibility index (Phi) is 14.2. The van der Waals surface area contributed by atoms with E-state index in [0.717, 1.165) is 0 Å². The van der Waals surface area contributed by atoms with Gasteiger partial charge in [0.15, 0.2) is 6.61 Å². The summed E-state index contributed by atoms with van der Waals surface area (Å²) in [5.41, 5.74) is 2.20. The van der Waals surface area contributed by atoms with Crippen LogP contribution in [0.2, 0.25) is 0 Å². The number of hydrogen-bond acceptors (Lipinski definition) is 9. The van der Waals surface area contributed by atoms with Gasteiger partial charge in [0, 0.05) is 0 Å². The highest BCUT2D eigenvalue weighted by Crippen LogP contribution is 2.39. The van der Waals surface area contributed by atoms with E-state index in [4.69, 9.17) is 18.9 Å². The maximum atomic E-state index is 12.3. The average molecular weight is 735 g/mol. The van der Waals surface area contributed by atoms with Crippen LogP contribution >= 0.6 is 0 Å². The molecule has 0 saturated heterocycles. The van der Waals surface area contributed by atoms with E-state index < -0.39 is 54.5 Å². The van der Waals surface area contributed by atoms with E-state index >= 15 is 0 Å². The topological polar surface area (TPSA) is 118 Å². The molecule has 51 heavy (non-hydrogen) atoms. The summed E-state index contributed by atoms with van der Waals surface area (Å²) in [4.78, 5) is 36.1. The lowest BCUT2D eigenvalue weighted by atomic mass is 9.83. The normalized spacial score (nSPS) is 14.7. The van der Waals surface area contributed by atoms with E-state index in [9.17, 15) is 45.8 Å². The highest BCUT2D eigenvalue weighted by atomic mass is 19.4. The van der Waals surface area contributed by atoms with E-state index in [1.807, 2.05) is 0 Å². The molecule has 9 nitrogen and oxygen atoms in total. The second kappa shape index (κ2) is 16.8. The lowest BCUT2D eigenvalue weighted by molar-refractivity contribution is -0.330. The first kappa shape index (κ1) is 42.9. The Bertz CT molecular complexity index is 1580. The summed E-state index contributed by atoms with van der Waals surface area (Å²) in [7, 11) is 0. The van der Waals surface area contributed by atoms with Crippen LogP contribution < -0.4 is 4.74 Å². The van der Waals surface area contributed by atoms with Gasteiger partial charge in [0.1, 0.15) is 30.3 Å². The maximum absolute atomic E-state index is 12.3. The third-order valence-corrected chi connectivity index (χ3v) is 7.71. The number of aliphatic hydroxyl groups excluding tert-OH is 1. The van der Waals surface area contributed by atoms with E-state index in [-0.39, 0.29) is 43.3 Å². The molecule has 0 bridgehead atoms. The van der Waals surface area contributed by atoms with Gasteiger partial charge < -0.3 is 24.1 Å². The number of aliphatic hydroxyl groups is 1. The summed E-state index contributed by atoms with van der Waals surface area (Å²) in [6, 6.07) is 5.90. The minimum absolute atomic E-state index is 0.0447. The summed E-state index contributed by atoms with van der Waals surface area (Å²) in [6.07, 6.45) is -9.18. The van der Waals surface area contributed by atoms with Crippen LogP contribution in [0.25, 0.3) is 5.57 Å². The molecule has 284 valence electrons. The standard InChI is InChI=1S/C19H25F3O5.C17H19F3O4/c1-6-25-17(24)18(4,5)11-26-16(23)9-15-12(2)7-14(8-13(15)3)10-27-19(20,21)22;1-9-5-11(23-8-17(18,19)20)6-10(2)12(9)13-14(21)16(3,4)7-24-15(13)22/h7-8H,6,9-11H2,1-5H3;5-6,21H,7-8H2,1-4H3. The summed E-state index contributed by atoms with van der Waals surface area (Å²) >= 11 is 0. The zero-order valence-corrected chi connectivity index (χ0v) is 30.0. The number of hydrogen-bond donors (Lipinski definition) is 1. The second-order valence-corrected chi connectivity index (χ2v) is 13.4. The minimum atomic E-state index is -4.70. The van der Waals surface area contributed by atoms with Gasteiger partial charge >= 0.3 is 30.4 Å². The summed E-state index contributed by atoms with van der Waals surface area (Å²) in [5, 5.41) is 10.4. The largest absolute Gasteiger partial charge is 0.522 e. The van der Waals surface area contributed by atoms with Gasteiger partial charge in [-0.3, -0.25) is 14.3 Å². The van der Waals surface area contributed by atoms with Gasteiger partial charge in [-0.15, -0.1) is 13.2 Å². The predicted octanol–water partition coefficient (Wildman–Crippen LogP) is 8.11. The molecule has 1 aliphatic rings. The van der Waals surface area contributed by atoms with Crippen molar-refractivity contribution < 1.29 is 69.5 Å². The Balaban J connectivity index is 0.000000355. The third kappa shape index (κ3) is 12.8. The van der Waals surface area contributed by atoms with Gasteiger partial charge in [0.05, 0.1) is 30.5 Å². The number of ether oxygens (including phenoxy) is 5. The molecule has 1 aliphatic heterocycles. The molecule has 15 heteroatoms. The highest BCUT2D eigenvalue weighted by molar-refractivity contribution is 6.18. The van der Waals surface area contributed by atoms with Crippen molar-refractivity contribution >= 4 is 23.5 Å². The van der Waals surface area contributed by atoms with Gasteiger partial charge in [-0.2, -0.15) is 13.2 Å². The quantitative estimate of drug-likeness (QED) is 0.139. The molecule has 2 aromatic carbocycles. The Hall–Kier alpha value is -4.27. The molecule has 0 fully saturated rings. The van der Waals surface area contributed by atoms with Crippen LogP contribution in [-0.2, 0) is 46.4 Å². The van der Waals surface area contributed by atoms with Crippen LogP contribution in [0, 0.1) is 38.5 Å². The van der Waals surface area contributed by atoms with E-state index in [0.29, 0.717) is 38.9 Å². The molecule has 3 rings (SSSR count). The molecule has 0 saturated carbocycles. The van der Waals surface area contributed by atoms with Gasteiger partial charge in [0.2, 0.25) is 0 Å². The van der Waals surface area contributed by atoms with Crippen LogP contribution in [0.4, 0.5) is 26.3 Å². The van der Waals surface area contributed by atoms with Crippen molar-refractivity contribution in [2.45, 2.75) is 87.9 Å².